The van der Waals surface area contributed by atoms with E-state index in [9.17, 15) is 9.59 Å². The maximum Gasteiger partial charge on any atom is 0.349 e. The molecule has 1 N–H and O–H groups in total. The molecule has 134 valence electrons. The summed E-state index contributed by atoms with van der Waals surface area (Å²) in [5, 5.41) is 11.9. The molecule has 0 saturated carbocycles. The minimum atomic E-state index is -0.797. The number of hydrogen-bond donors (Lipinski definition) is 1. The lowest BCUT2D eigenvalue weighted by Gasteiger charge is -2.12. The number of nitriles is 1. The largest absolute Gasteiger partial charge is 0.451 e. The van der Waals surface area contributed by atoms with Crippen LogP contribution in [0.1, 0.15) is 57.6 Å². The molecule has 1 rings (SSSR count). The second-order valence-corrected chi connectivity index (χ2v) is 6.32. The van der Waals surface area contributed by atoms with E-state index in [-0.39, 0.29) is 17.5 Å². The van der Waals surface area contributed by atoms with E-state index in [0.717, 1.165) is 18.4 Å². The zero-order valence-corrected chi connectivity index (χ0v) is 15.3. The molecule has 0 aliphatic carbocycles. The summed E-state index contributed by atoms with van der Waals surface area (Å²) in [6.07, 6.45) is 3.28. The quantitative estimate of drug-likeness (QED) is 0.445. The molecule has 5 nitrogen and oxygen atoms in total. The second kappa shape index (κ2) is 10.3. The van der Waals surface area contributed by atoms with Gasteiger partial charge in [0.05, 0.1) is 0 Å². The zero-order chi connectivity index (χ0) is 18.8. The van der Waals surface area contributed by atoms with E-state index < -0.39 is 12.6 Å². The molecule has 0 saturated heterocycles. The number of hydrogen-bond acceptors (Lipinski definition) is 4. The van der Waals surface area contributed by atoms with Gasteiger partial charge in [0, 0.05) is 6.04 Å². The summed E-state index contributed by atoms with van der Waals surface area (Å²) in [5.41, 5.74) is 1.78. The van der Waals surface area contributed by atoms with E-state index in [4.69, 9.17) is 10.00 Å². The maximum atomic E-state index is 12.0. The number of carbonyl (C=O) groups is 2. The standard InChI is InChI=1S/C20H26N2O3/c1-5-6-15(4)22-19(23)13-25-20(24)18(12-21)11-16-7-9-17(10-8-16)14(2)3/h7-11,14-15H,5-6,13H2,1-4H3,(H,22,23)/b18-11+/t15-/m1/s1. The predicted molar refractivity (Wildman–Crippen MR) is 97.6 cm³/mol. The van der Waals surface area contributed by atoms with Crippen molar-refractivity contribution < 1.29 is 14.3 Å². The molecule has 0 unspecified atom stereocenters. The number of nitrogens with zero attached hydrogens (tertiary/aromatic N) is 1. The summed E-state index contributed by atoms with van der Waals surface area (Å²) in [6, 6.07) is 9.46. The Morgan fingerprint density at radius 1 is 1.24 bits per heavy atom. The maximum absolute atomic E-state index is 12.0. The Labute approximate surface area is 149 Å². The molecule has 5 heteroatoms. The van der Waals surface area contributed by atoms with Crippen molar-refractivity contribution >= 4 is 18.0 Å². The van der Waals surface area contributed by atoms with Gasteiger partial charge in [-0.05, 0) is 36.5 Å². The Bertz CT molecular complexity index is 655. The van der Waals surface area contributed by atoms with Gasteiger partial charge in [-0.2, -0.15) is 5.26 Å². The smallest absolute Gasteiger partial charge is 0.349 e. The van der Waals surface area contributed by atoms with Gasteiger partial charge >= 0.3 is 5.97 Å². The second-order valence-electron chi connectivity index (χ2n) is 6.32. The molecule has 0 aliphatic rings. The summed E-state index contributed by atoms with van der Waals surface area (Å²) in [5.74, 6) is -0.756. The van der Waals surface area contributed by atoms with Crippen LogP contribution in [0.3, 0.4) is 0 Å². The molecule has 0 fully saturated rings. The molecule has 1 aromatic carbocycles. The fourth-order valence-electron chi connectivity index (χ4n) is 2.31. The van der Waals surface area contributed by atoms with Gasteiger partial charge in [-0.1, -0.05) is 51.5 Å². The van der Waals surface area contributed by atoms with E-state index in [2.05, 4.69) is 19.2 Å². The Hall–Kier alpha value is -2.61. The topological polar surface area (TPSA) is 79.2 Å². The van der Waals surface area contributed by atoms with Crippen molar-refractivity contribution in [2.45, 2.75) is 52.5 Å². The number of nitrogens with one attached hydrogen (secondary N) is 1. The van der Waals surface area contributed by atoms with Gasteiger partial charge in [0.1, 0.15) is 11.6 Å². The Kier molecular flexibility index (Phi) is 8.42. The first kappa shape index (κ1) is 20.4. The highest BCUT2D eigenvalue weighted by Crippen LogP contribution is 2.16. The first-order valence-corrected chi connectivity index (χ1v) is 8.55. The third-order valence-electron chi connectivity index (χ3n) is 3.72. The van der Waals surface area contributed by atoms with E-state index in [1.54, 1.807) is 0 Å². The molecular formula is C20H26N2O3. The van der Waals surface area contributed by atoms with Gasteiger partial charge in [0.2, 0.25) is 0 Å². The molecule has 0 radical (unpaired) electrons. The van der Waals surface area contributed by atoms with Gasteiger partial charge in [0.15, 0.2) is 6.61 Å². The first-order valence-electron chi connectivity index (χ1n) is 8.55. The van der Waals surface area contributed by atoms with Crippen molar-refractivity contribution in [1.82, 2.24) is 5.32 Å². The van der Waals surface area contributed by atoms with Crippen LogP contribution in [0.25, 0.3) is 6.08 Å². The van der Waals surface area contributed by atoms with Crippen LogP contribution < -0.4 is 5.32 Å². The summed E-state index contributed by atoms with van der Waals surface area (Å²) in [4.78, 5) is 23.7. The van der Waals surface area contributed by atoms with Gasteiger partial charge in [-0.25, -0.2) is 4.79 Å². The molecule has 1 aromatic rings. The van der Waals surface area contributed by atoms with Crippen LogP contribution in [-0.2, 0) is 14.3 Å². The molecule has 1 atom stereocenters. The number of amides is 1. The first-order chi connectivity index (χ1) is 11.9. The third-order valence-corrected chi connectivity index (χ3v) is 3.72. The Morgan fingerprint density at radius 2 is 1.88 bits per heavy atom. The van der Waals surface area contributed by atoms with Crippen molar-refractivity contribution in [2.75, 3.05) is 6.61 Å². The highest BCUT2D eigenvalue weighted by Gasteiger charge is 2.14. The lowest BCUT2D eigenvalue weighted by atomic mass is 10.0. The van der Waals surface area contributed by atoms with Gasteiger partial charge in [0.25, 0.3) is 5.91 Å². The van der Waals surface area contributed by atoms with E-state index in [0.29, 0.717) is 5.92 Å². The van der Waals surface area contributed by atoms with Gasteiger partial charge in [-0.15, -0.1) is 0 Å². The van der Waals surface area contributed by atoms with Gasteiger partial charge in [-0.3, -0.25) is 4.79 Å². The summed E-state index contributed by atoms with van der Waals surface area (Å²) in [6.45, 7) is 7.72. The molecule has 0 heterocycles. The number of carbonyl (C=O) groups excluding carboxylic acids is 2. The van der Waals surface area contributed by atoms with Crippen LogP contribution in [0.4, 0.5) is 0 Å². The van der Waals surface area contributed by atoms with Crippen molar-refractivity contribution in [3.63, 3.8) is 0 Å². The number of ether oxygens (including phenoxy) is 1. The predicted octanol–water partition coefficient (Wildman–Crippen LogP) is 3.56. The normalized spacial score (nSPS) is 12.4. The number of esters is 1. The summed E-state index contributed by atoms with van der Waals surface area (Å²) in [7, 11) is 0. The fourth-order valence-corrected chi connectivity index (χ4v) is 2.31. The van der Waals surface area contributed by atoms with Crippen molar-refractivity contribution in [3.05, 3.63) is 41.0 Å². The average molecular weight is 342 g/mol. The minimum absolute atomic E-state index is 0.0293. The minimum Gasteiger partial charge on any atom is -0.451 e. The Balaban J connectivity index is 2.65. The van der Waals surface area contributed by atoms with Crippen molar-refractivity contribution in [2.24, 2.45) is 0 Å². The van der Waals surface area contributed by atoms with Crippen LogP contribution in [-0.4, -0.2) is 24.5 Å². The fraction of sp³-hybridized carbons (Fsp3) is 0.450. The highest BCUT2D eigenvalue weighted by molar-refractivity contribution is 5.98. The lowest BCUT2D eigenvalue weighted by Crippen LogP contribution is -2.35. The molecule has 0 aromatic heterocycles. The average Bonchev–Trinajstić information content (AvgIpc) is 2.58. The number of rotatable bonds is 8. The Morgan fingerprint density at radius 3 is 2.40 bits per heavy atom. The van der Waals surface area contributed by atoms with E-state index in [1.165, 1.54) is 11.6 Å². The molecule has 0 bridgehead atoms. The SMILES string of the molecule is CCC[C@@H](C)NC(=O)COC(=O)/C(C#N)=C/c1ccc(C(C)C)cc1. The molecule has 1 amide bonds. The lowest BCUT2D eigenvalue weighted by molar-refractivity contribution is -0.144. The van der Waals surface area contributed by atoms with E-state index in [1.807, 2.05) is 44.2 Å². The molecular weight excluding hydrogens is 316 g/mol. The zero-order valence-electron chi connectivity index (χ0n) is 15.3. The number of benzene rings is 1. The molecule has 0 spiro atoms. The monoisotopic (exact) mass is 342 g/mol. The van der Waals surface area contributed by atoms with Crippen LogP contribution in [0.5, 0.6) is 0 Å². The van der Waals surface area contributed by atoms with Crippen LogP contribution in [0.2, 0.25) is 0 Å². The van der Waals surface area contributed by atoms with Crippen LogP contribution >= 0.6 is 0 Å². The van der Waals surface area contributed by atoms with Crippen molar-refractivity contribution in [3.8, 4) is 6.07 Å². The highest BCUT2D eigenvalue weighted by atomic mass is 16.5. The third kappa shape index (κ3) is 7.21. The van der Waals surface area contributed by atoms with Crippen LogP contribution in [0, 0.1) is 11.3 Å². The van der Waals surface area contributed by atoms with Crippen molar-refractivity contribution in [1.29, 1.82) is 5.26 Å². The van der Waals surface area contributed by atoms with E-state index >= 15 is 0 Å². The van der Waals surface area contributed by atoms with Crippen LogP contribution in [0.15, 0.2) is 29.8 Å². The molecule has 0 aliphatic heterocycles. The summed E-state index contributed by atoms with van der Waals surface area (Å²) < 4.78 is 4.93. The van der Waals surface area contributed by atoms with Gasteiger partial charge < -0.3 is 10.1 Å². The summed E-state index contributed by atoms with van der Waals surface area (Å²) >= 11 is 0. The molecule has 25 heavy (non-hydrogen) atoms.